The van der Waals surface area contributed by atoms with Gasteiger partial charge in [0.15, 0.2) is 5.82 Å². The Morgan fingerprint density at radius 3 is 2.41 bits per heavy atom. The molecule has 1 aromatic heterocycles. The van der Waals surface area contributed by atoms with Crippen molar-refractivity contribution in [2.75, 3.05) is 0 Å². The molecule has 0 amide bonds. The van der Waals surface area contributed by atoms with Gasteiger partial charge in [0.2, 0.25) is 4.77 Å². The largest absolute Gasteiger partial charge is 0.250 e. The average Bonchev–Trinajstić information content (AvgIpc) is 2.94. The van der Waals surface area contributed by atoms with Crippen LogP contribution in [0.1, 0.15) is 5.56 Å². The number of allylic oxidation sites excluding steroid dienone is 1. The molecular weight excluding hydrogens is 292 g/mol. The van der Waals surface area contributed by atoms with E-state index in [1.165, 1.54) is 0 Å². The highest BCUT2D eigenvalue weighted by atomic mass is 32.1. The Bertz CT molecular complexity index is 845. The smallest absolute Gasteiger partial charge is 0.216 e. The van der Waals surface area contributed by atoms with Gasteiger partial charge in [-0.3, -0.25) is 0 Å². The number of rotatable bonds is 4. The monoisotopic (exact) mass is 306 g/mol. The molecule has 0 saturated carbocycles. The van der Waals surface area contributed by atoms with Crippen LogP contribution in [0.25, 0.3) is 17.5 Å². The van der Waals surface area contributed by atoms with E-state index >= 15 is 0 Å². The molecule has 0 saturated heterocycles. The molecule has 1 heterocycles. The molecule has 5 heteroatoms. The van der Waals surface area contributed by atoms with Crippen molar-refractivity contribution in [3.8, 4) is 11.4 Å². The summed E-state index contributed by atoms with van der Waals surface area (Å²) in [6.07, 6.45) is 5.55. The van der Waals surface area contributed by atoms with E-state index in [0.717, 1.165) is 11.1 Å². The number of nitrogens with zero attached hydrogens (tertiary/aromatic N) is 3. The number of hydrogen-bond acceptors (Lipinski definition) is 3. The van der Waals surface area contributed by atoms with E-state index < -0.39 is 0 Å². The first-order valence-electron chi connectivity index (χ1n) is 6.83. The van der Waals surface area contributed by atoms with Crippen LogP contribution in [0, 0.1) is 4.77 Å². The topological polar surface area (TPSA) is 46.0 Å². The number of nitrogens with one attached hydrogen (secondary N) is 1. The maximum atomic E-state index is 5.22. The lowest BCUT2D eigenvalue weighted by Gasteiger charge is -1.99. The SMILES string of the molecule is S=c1[nH]nc(-c2ccccc2)n1/N=C/C=C/c1ccccc1. The third-order valence-electron chi connectivity index (χ3n) is 3.04. The molecule has 1 N–H and O–H groups in total. The quantitative estimate of drug-likeness (QED) is 0.581. The van der Waals surface area contributed by atoms with Crippen molar-refractivity contribution in [3.63, 3.8) is 0 Å². The maximum absolute atomic E-state index is 5.22. The molecule has 0 atom stereocenters. The average molecular weight is 306 g/mol. The number of H-pyrrole nitrogens is 1. The predicted octanol–water partition coefficient (Wildman–Crippen LogP) is 4.15. The van der Waals surface area contributed by atoms with Gasteiger partial charge in [0.1, 0.15) is 0 Å². The fourth-order valence-corrected chi connectivity index (χ4v) is 2.18. The van der Waals surface area contributed by atoms with Gasteiger partial charge >= 0.3 is 0 Å². The van der Waals surface area contributed by atoms with Crippen LogP contribution in [0.3, 0.4) is 0 Å². The van der Waals surface area contributed by atoms with Crippen molar-refractivity contribution in [2.24, 2.45) is 5.10 Å². The van der Waals surface area contributed by atoms with Gasteiger partial charge in [0, 0.05) is 11.8 Å². The van der Waals surface area contributed by atoms with Crippen LogP contribution < -0.4 is 0 Å². The Balaban J connectivity index is 1.84. The van der Waals surface area contributed by atoms with Gasteiger partial charge in [-0.25, -0.2) is 5.10 Å². The molecule has 0 spiro atoms. The van der Waals surface area contributed by atoms with Gasteiger partial charge in [-0.15, -0.1) is 0 Å². The molecule has 22 heavy (non-hydrogen) atoms. The lowest BCUT2D eigenvalue weighted by molar-refractivity contribution is 0.872. The zero-order valence-corrected chi connectivity index (χ0v) is 12.6. The van der Waals surface area contributed by atoms with Gasteiger partial charge in [0.05, 0.1) is 0 Å². The molecule has 4 nitrogen and oxygen atoms in total. The molecule has 0 aliphatic heterocycles. The van der Waals surface area contributed by atoms with Crippen molar-refractivity contribution in [2.45, 2.75) is 0 Å². The number of aromatic nitrogens is 3. The molecule has 108 valence electrons. The summed E-state index contributed by atoms with van der Waals surface area (Å²) in [5.74, 6) is 0.690. The van der Waals surface area contributed by atoms with Crippen molar-refractivity contribution in [3.05, 3.63) is 77.1 Å². The van der Waals surface area contributed by atoms with Crippen LogP contribution in [-0.2, 0) is 0 Å². The lowest BCUT2D eigenvalue weighted by Crippen LogP contribution is -1.93. The first kappa shape index (κ1) is 14.2. The minimum Gasteiger partial charge on any atom is -0.250 e. The van der Waals surface area contributed by atoms with Gasteiger partial charge in [-0.2, -0.15) is 14.9 Å². The third kappa shape index (κ3) is 3.27. The van der Waals surface area contributed by atoms with Crippen molar-refractivity contribution in [1.82, 2.24) is 14.9 Å². The normalized spacial score (nSPS) is 11.5. The molecule has 0 aliphatic carbocycles. The van der Waals surface area contributed by atoms with E-state index in [4.69, 9.17) is 12.2 Å². The summed E-state index contributed by atoms with van der Waals surface area (Å²) in [7, 11) is 0. The highest BCUT2D eigenvalue weighted by molar-refractivity contribution is 7.71. The van der Waals surface area contributed by atoms with Crippen molar-refractivity contribution in [1.29, 1.82) is 0 Å². The van der Waals surface area contributed by atoms with E-state index in [0.29, 0.717) is 10.6 Å². The molecular formula is C17H14N4S. The van der Waals surface area contributed by atoms with Crippen molar-refractivity contribution < 1.29 is 0 Å². The standard InChI is InChI=1S/C17H14N4S/c22-17-20-19-16(15-11-5-2-6-12-15)21(17)18-13-7-10-14-8-3-1-4-9-14/h1-13H,(H,20,22)/b10-7+,18-13+. The molecule has 0 fully saturated rings. The fourth-order valence-electron chi connectivity index (χ4n) is 2.00. The number of benzene rings is 2. The molecule has 0 bridgehead atoms. The minimum absolute atomic E-state index is 0.461. The van der Waals surface area contributed by atoms with E-state index in [9.17, 15) is 0 Å². The molecule has 2 aromatic carbocycles. The number of hydrogen-bond donors (Lipinski definition) is 1. The van der Waals surface area contributed by atoms with Gasteiger partial charge in [0.25, 0.3) is 0 Å². The molecule has 0 radical (unpaired) electrons. The first-order chi connectivity index (χ1) is 10.8. The van der Waals surface area contributed by atoms with E-state index in [-0.39, 0.29) is 0 Å². The molecule has 0 aliphatic rings. The lowest BCUT2D eigenvalue weighted by atomic mass is 10.2. The molecule has 3 aromatic rings. The molecule has 0 unspecified atom stereocenters. The van der Waals surface area contributed by atoms with Crippen LogP contribution >= 0.6 is 12.2 Å². The van der Waals surface area contributed by atoms with Crippen LogP contribution in [0.4, 0.5) is 0 Å². The van der Waals surface area contributed by atoms with Crippen LogP contribution in [0.15, 0.2) is 71.8 Å². The summed E-state index contributed by atoms with van der Waals surface area (Å²) in [5.41, 5.74) is 2.08. The minimum atomic E-state index is 0.461. The Labute approximate surface area is 133 Å². The van der Waals surface area contributed by atoms with Crippen LogP contribution in [0.5, 0.6) is 0 Å². The summed E-state index contributed by atoms with van der Waals surface area (Å²) in [6, 6.07) is 19.9. The van der Waals surface area contributed by atoms with Gasteiger partial charge in [-0.05, 0) is 23.9 Å². The van der Waals surface area contributed by atoms with Gasteiger partial charge in [-0.1, -0.05) is 66.7 Å². The second-order valence-corrected chi connectivity index (χ2v) is 4.95. The summed E-state index contributed by atoms with van der Waals surface area (Å²) in [5, 5.41) is 11.4. The molecule has 3 rings (SSSR count). The maximum Gasteiger partial charge on any atom is 0.216 e. The first-order valence-corrected chi connectivity index (χ1v) is 7.24. The van der Waals surface area contributed by atoms with E-state index in [2.05, 4.69) is 15.3 Å². The predicted molar refractivity (Wildman–Crippen MR) is 92.2 cm³/mol. The Morgan fingerprint density at radius 2 is 1.68 bits per heavy atom. The van der Waals surface area contributed by atoms with Crippen molar-refractivity contribution >= 4 is 24.5 Å². The summed E-state index contributed by atoms with van der Waals surface area (Å²) < 4.78 is 2.07. The Morgan fingerprint density at radius 1 is 1.00 bits per heavy atom. The second-order valence-electron chi connectivity index (χ2n) is 4.56. The Kier molecular flexibility index (Phi) is 4.36. The van der Waals surface area contributed by atoms with E-state index in [1.807, 2.05) is 72.8 Å². The third-order valence-corrected chi connectivity index (χ3v) is 3.30. The summed E-state index contributed by atoms with van der Waals surface area (Å²) in [6.45, 7) is 0. The van der Waals surface area contributed by atoms with Gasteiger partial charge < -0.3 is 0 Å². The second kappa shape index (κ2) is 6.78. The Hall–Kier alpha value is -2.79. The highest BCUT2D eigenvalue weighted by Crippen LogP contribution is 2.16. The zero-order valence-electron chi connectivity index (χ0n) is 11.8. The summed E-state index contributed by atoms with van der Waals surface area (Å²) in [4.78, 5) is 0. The summed E-state index contributed by atoms with van der Waals surface area (Å²) >= 11 is 5.22. The fraction of sp³-hybridized carbons (Fsp3) is 0. The van der Waals surface area contributed by atoms with Crippen LogP contribution in [-0.4, -0.2) is 21.1 Å². The zero-order chi connectivity index (χ0) is 15.2. The van der Waals surface area contributed by atoms with Crippen LogP contribution in [0.2, 0.25) is 0 Å². The van der Waals surface area contributed by atoms with E-state index in [1.54, 1.807) is 10.9 Å². The number of aromatic amines is 1. The highest BCUT2D eigenvalue weighted by Gasteiger charge is 2.06.